The highest BCUT2D eigenvalue weighted by molar-refractivity contribution is 5.94. The average molecular weight is 351 g/mol. The Bertz CT molecular complexity index is 753. The van der Waals surface area contributed by atoms with Crippen molar-refractivity contribution in [2.75, 3.05) is 23.7 Å². The van der Waals surface area contributed by atoms with Crippen molar-refractivity contribution >= 4 is 23.3 Å². The minimum atomic E-state index is -0.105. The van der Waals surface area contributed by atoms with Crippen LogP contribution in [0.3, 0.4) is 0 Å². The number of nitrogens with zero attached hydrogens (tertiary/aromatic N) is 1. The maximum absolute atomic E-state index is 12.6. The Balaban J connectivity index is 1.51. The van der Waals surface area contributed by atoms with Crippen LogP contribution in [0.15, 0.2) is 54.6 Å². The van der Waals surface area contributed by atoms with Gasteiger partial charge in [-0.1, -0.05) is 43.3 Å². The van der Waals surface area contributed by atoms with Crippen LogP contribution in [-0.4, -0.2) is 29.9 Å². The van der Waals surface area contributed by atoms with Gasteiger partial charge in [0.15, 0.2) is 0 Å². The number of nitrogens with one attached hydrogen (secondary N) is 2. The van der Waals surface area contributed by atoms with Crippen LogP contribution in [0.4, 0.5) is 16.2 Å². The summed E-state index contributed by atoms with van der Waals surface area (Å²) >= 11 is 0. The molecule has 0 aliphatic carbocycles. The molecule has 1 heterocycles. The van der Waals surface area contributed by atoms with Gasteiger partial charge in [0.05, 0.1) is 0 Å². The van der Waals surface area contributed by atoms with Gasteiger partial charge in [-0.05, 0) is 43.0 Å². The van der Waals surface area contributed by atoms with Crippen LogP contribution in [0.2, 0.25) is 0 Å². The van der Waals surface area contributed by atoms with Crippen molar-refractivity contribution in [1.29, 1.82) is 0 Å². The zero-order valence-electron chi connectivity index (χ0n) is 15.1. The van der Waals surface area contributed by atoms with Gasteiger partial charge in [-0.15, -0.1) is 0 Å². The molecule has 0 spiro atoms. The summed E-state index contributed by atoms with van der Waals surface area (Å²) in [4.78, 5) is 26.7. The Morgan fingerprint density at radius 3 is 2.31 bits per heavy atom. The monoisotopic (exact) mass is 351 g/mol. The van der Waals surface area contributed by atoms with E-state index in [1.165, 1.54) is 0 Å². The SMILES string of the molecule is CCc1ccccc1NC(=O)C1CCN(C(=O)Nc2ccccc2)CC1. The molecule has 0 aromatic heterocycles. The number of carbonyl (C=O) groups excluding carboxylic acids is 2. The van der Waals surface area contributed by atoms with Crippen molar-refractivity contribution in [1.82, 2.24) is 4.90 Å². The Morgan fingerprint density at radius 2 is 1.62 bits per heavy atom. The van der Waals surface area contributed by atoms with Crippen LogP contribution in [0.1, 0.15) is 25.3 Å². The highest BCUT2D eigenvalue weighted by Gasteiger charge is 2.27. The fourth-order valence-corrected chi connectivity index (χ4v) is 3.25. The molecule has 26 heavy (non-hydrogen) atoms. The molecular weight excluding hydrogens is 326 g/mol. The number of benzene rings is 2. The predicted octanol–water partition coefficient (Wildman–Crippen LogP) is 4.13. The van der Waals surface area contributed by atoms with Gasteiger partial charge >= 0.3 is 6.03 Å². The van der Waals surface area contributed by atoms with Crippen LogP contribution in [0, 0.1) is 5.92 Å². The van der Waals surface area contributed by atoms with Gasteiger partial charge in [0.25, 0.3) is 0 Å². The first-order valence-electron chi connectivity index (χ1n) is 9.17. The zero-order valence-corrected chi connectivity index (χ0v) is 15.1. The highest BCUT2D eigenvalue weighted by atomic mass is 16.2. The molecular formula is C21H25N3O2. The minimum Gasteiger partial charge on any atom is -0.326 e. The zero-order chi connectivity index (χ0) is 18.4. The summed E-state index contributed by atoms with van der Waals surface area (Å²) in [5.74, 6) is -0.00490. The maximum atomic E-state index is 12.6. The van der Waals surface area contributed by atoms with E-state index in [9.17, 15) is 9.59 Å². The van der Waals surface area contributed by atoms with Gasteiger partial charge in [0.1, 0.15) is 0 Å². The van der Waals surface area contributed by atoms with E-state index in [1.807, 2.05) is 54.6 Å². The van der Waals surface area contributed by atoms with Crippen molar-refractivity contribution in [3.05, 3.63) is 60.2 Å². The van der Waals surface area contributed by atoms with Gasteiger partial charge in [-0.3, -0.25) is 4.79 Å². The lowest BCUT2D eigenvalue weighted by atomic mass is 9.95. The molecule has 2 aromatic carbocycles. The number of urea groups is 1. The number of piperidine rings is 1. The Kier molecular flexibility index (Phi) is 5.89. The molecule has 0 saturated carbocycles. The number of amides is 3. The molecule has 0 unspecified atom stereocenters. The number of para-hydroxylation sites is 2. The largest absolute Gasteiger partial charge is 0.326 e. The molecule has 1 aliphatic rings. The number of carbonyl (C=O) groups is 2. The Morgan fingerprint density at radius 1 is 0.962 bits per heavy atom. The molecule has 0 radical (unpaired) electrons. The lowest BCUT2D eigenvalue weighted by Crippen LogP contribution is -2.43. The molecule has 1 aliphatic heterocycles. The van der Waals surface area contributed by atoms with E-state index in [-0.39, 0.29) is 17.9 Å². The molecule has 5 heteroatoms. The quantitative estimate of drug-likeness (QED) is 0.870. The van der Waals surface area contributed by atoms with Gasteiger partial charge < -0.3 is 15.5 Å². The highest BCUT2D eigenvalue weighted by Crippen LogP contribution is 2.22. The van der Waals surface area contributed by atoms with E-state index >= 15 is 0 Å². The summed E-state index contributed by atoms with van der Waals surface area (Å²) in [6.07, 6.45) is 2.25. The number of likely N-dealkylation sites (tertiary alicyclic amines) is 1. The van der Waals surface area contributed by atoms with Crippen molar-refractivity contribution in [3.8, 4) is 0 Å². The van der Waals surface area contributed by atoms with Crippen LogP contribution in [0.25, 0.3) is 0 Å². The van der Waals surface area contributed by atoms with E-state index in [0.717, 1.165) is 23.4 Å². The summed E-state index contributed by atoms with van der Waals surface area (Å²) in [5, 5.41) is 5.95. The van der Waals surface area contributed by atoms with Crippen molar-refractivity contribution in [2.45, 2.75) is 26.2 Å². The Hall–Kier alpha value is -2.82. The smallest absolute Gasteiger partial charge is 0.321 e. The van der Waals surface area contributed by atoms with Crippen LogP contribution in [0.5, 0.6) is 0 Å². The lowest BCUT2D eigenvalue weighted by molar-refractivity contribution is -0.121. The van der Waals surface area contributed by atoms with Gasteiger partial charge in [-0.25, -0.2) is 4.79 Å². The Labute approximate surface area is 154 Å². The fraction of sp³-hybridized carbons (Fsp3) is 0.333. The van der Waals surface area contributed by atoms with Crippen molar-refractivity contribution in [3.63, 3.8) is 0 Å². The van der Waals surface area contributed by atoms with Crippen LogP contribution in [-0.2, 0) is 11.2 Å². The molecule has 5 nitrogen and oxygen atoms in total. The normalized spacial score (nSPS) is 14.7. The number of rotatable bonds is 4. The van der Waals surface area contributed by atoms with Crippen molar-refractivity contribution in [2.24, 2.45) is 5.92 Å². The number of anilines is 2. The summed E-state index contributed by atoms with van der Waals surface area (Å²) in [6, 6.07) is 17.2. The standard InChI is InChI=1S/C21H25N3O2/c1-2-16-8-6-7-11-19(16)23-20(25)17-12-14-24(15-13-17)21(26)22-18-9-4-3-5-10-18/h3-11,17H,2,12-15H2,1H3,(H,22,26)(H,23,25). The first kappa shape index (κ1) is 18.0. The van der Waals surface area contributed by atoms with Gasteiger partial charge in [0, 0.05) is 30.4 Å². The molecule has 3 rings (SSSR count). The van der Waals surface area contributed by atoms with E-state index in [2.05, 4.69) is 17.6 Å². The molecule has 3 amide bonds. The minimum absolute atomic E-state index is 0.0500. The fourth-order valence-electron chi connectivity index (χ4n) is 3.25. The number of hydrogen-bond acceptors (Lipinski definition) is 2. The topological polar surface area (TPSA) is 61.4 Å². The summed E-state index contributed by atoms with van der Waals surface area (Å²) in [7, 11) is 0. The molecule has 1 saturated heterocycles. The second-order valence-electron chi connectivity index (χ2n) is 6.56. The number of hydrogen-bond donors (Lipinski definition) is 2. The maximum Gasteiger partial charge on any atom is 0.321 e. The van der Waals surface area contributed by atoms with Crippen LogP contribution < -0.4 is 10.6 Å². The third-order valence-corrected chi connectivity index (χ3v) is 4.83. The molecule has 0 bridgehead atoms. The van der Waals surface area contributed by atoms with E-state index in [0.29, 0.717) is 25.9 Å². The summed E-state index contributed by atoms with van der Waals surface area (Å²) < 4.78 is 0. The van der Waals surface area contributed by atoms with Crippen molar-refractivity contribution < 1.29 is 9.59 Å². The third kappa shape index (κ3) is 4.42. The van der Waals surface area contributed by atoms with Gasteiger partial charge in [0.2, 0.25) is 5.91 Å². The summed E-state index contributed by atoms with van der Waals surface area (Å²) in [6.45, 7) is 3.26. The first-order valence-corrected chi connectivity index (χ1v) is 9.17. The predicted molar refractivity (Wildman–Crippen MR) is 104 cm³/mol. The van der Waals surface area contributed by atoms with Crippen LogP contribution >= 0.6 is 0 Å². The van der Waals surface area contributed by atoms with Gasteiger partial charge in [-0.2, -0.15) is 0 Å². The van der Waals surface area contributed by atoms with E-state index in [4.69, 9.17) is 0 Å². The molecule has 1 fully saturated rings. The van der Waals surface area contributed by atoms with E-state index in [1.54, 1.807) is 4.90 Å². The first-order chi connectivity index (χ1) is 12.7. The lowest BCUT2D eigenvalue weighted by Gasteiger charge is -2.31. The molecule has 0 atom stereocenters. The molecule has 136 valence electrons. The number of aryl methyl sites for hydroxylation is 1. The summed E-state index contributed by atoms with van der Waals surface area (Å²) in [5.41, 5.74) is 2.82. The molecule has 2 aromatic rings. The molecule has 2 N–H and O–H groups in total. The second-order valence-corrected chi connectivity index (χ2v) is 6.56. The second kappa shape index (κ2) is 8.52. The van der Waals surface area contributed by atoms with E-state index < -0.39 is 0 Å². The average Bonchev–Trinajstić information content (AvgIpc) is 2.69. The third-order valence-electron chi connectivity index (χ3n) is 4.83.